The van der Waals surface area contributed by atoms with E-state index < -0.39 is 0 Å². The highest BCUT2D eigenvalue weighted by Gasteiger charge is 2.12. The van der Waals surface area contributed by atoms with E-state index in [1.807, 2.05) is 46.9 Å². The first-order valence-electron chi connectivity index (χ1n) is 4.80. The molecule has 0 fully saturated rings. The molecule has 0 radical (unpaired) electrons. The first-order valence-corrected chi connectivity index (χ1v) is 5.88. The molecule has 0 N–H and O–H groups in total. The highest BCUT2D eigenvalue weighted by atomic mass is 127. The molecule has 16 heavy (non-hydrogen) atoms. The van der Waals surface area contributed by atoms with Crippen LogP contribution in [-0.2, 0) is 4.79 Å². The minimum atomic E-state index is -0.0115. The van der Waals surface area contributed by atoms with E-state index in [4.69, 9.17) is 0 Å². The van der Waals surface area contributed by atoms with Crippen molar-refractivity contribution in [2.75, 3.05) is 11.4 Å². The fourth-order valence-corrected chi connectivity index (χ4v) is 1.68. The van der Waals surface area contributed by atoms with Crippen LogP contribution >= 0.6 is 22.6 Å². The van der Waals surface area contributed by atoms with Crippen LogP contribution in [0.1, 0.15) is 12.5 Å². The molecule has 3 heteroatoms. The molecular weight excluding hydrogens is 313 g/mol. The van der Waals surface area contributed by atoms with Gasteiger partial charge in [-0.1, -0.05) is 24.1 Å². The van der Waals surface area contributed by atoms with Crippen molar-refractivity contribution in [1.82, 2.24) is 0 Å². The van der Waals surface area contributed by atoms with E-state index in [2.05, 4.69) is 16.4 Å². The quantitative estimate of drug-likeness (QED) is 0.475. The van der Waals surface area contributed by atoms with Gasteiger partial charge in [0.2, 0.25) is 5.91 Å². The Kier molecular flexibility index (Phi) is 5.06. The average Bonchev–Trinajstić information content (AvgIpc) is 2.27. The summed E-state index contributed by atoms with van der Waals surface area (Å²) in [7, 11) is 0. The minimum Gasteiger partial charge on any atom is -0.308 e. The zero-order valence-corrected chi connectivity index (χ0v) is 11.2. The third-order valence-corrected chi connectivity index (χ3v) is 2.34. The number of carbonyl (C=O) groups is 1. The summed E-state index contributed by atoms with van der Waals surface area (Å²) in [6.45, 7) is 5.69. The molecule has 1 aromatic carbocycles. The third kappa shape index (κ3) is 3.11. The van der Waals surface area contributed by atoms with Crippen molar-refractivity contribution in [2.24, 2.45) is 0 Å². The fourth-order valence-electron chi connectivity index (χ4n) is 1.39. The van der Waals surface area contributed by atoms with Gasteiger partial charge in [-0.25, -0.2) is 0 Å². The second kappa shape index (κ2) is 6.33. The third-order valence-electron chi connectivity index (χ3n) is 2.07. The molecule has 0 aliphatic carbocycles. The molecule has 1 aromatic rings. The topological polar surface area (TPSA) is 20.3 Å². The maximum Gasteiger partial charge on any atom is 0.224 e. The Balaban J connectivity index is 3.20. The molecule has 0 aliphatic heterocycles. The van der Waals surface area contributed by atoms with Crippen LogP contribution in [0.4, 0.5) is 5.69 Å². The lowest BCUT2D eigenvalue weighted by Crippen LogP contribution is -2.29. The van der Waals surface area contributed by atoms with Crippen LogP contribution in [0, 0.1) is 9.85 Å². The lowest BCUT2D eigenvalue weighted by Gasteiger charge is -2.20. The van der Waals surface area contributed by atoms with Crippen LogP contribution in [0.15, 0.2) is 36.9 Å². The lowest BCUT2D eigenvalue weighted by molar-refractivity contribution is -0.116. The molecule has 0 atom stereocenters. The molecule has 0 unspecified atom stereocenters. The molecule has 1 rings (SSSR count). The maximum absolute atomic E-state index is 11.5. The molecule has 2 nitrogen and oxygen atoms in total. The van der Waals surface area contributed by atoms with Gasteiger partial charge in [0.25, 0.3) is 0 Å². The van der Waals surface area contributed by atoms with Gasteiger partial charge in [-0.3, -0.25) is 4.79 Å². The number of halogens is 1. The molecule has 0 saturated carbocycles. The Morgan fingerprint density at radius 3 is 2.81 bits per heavy atom. The van der Waals surface area contributed by atoms with E-state index in [1.54, 1.807) is 11.0 Å². The number of carbonyl (C=O) groups excluding carboxylic acids is 1. The SMILES string of the molecule is C=CCN(C(C)=O)c1ccccc1C#CI. The second-order valence-electron chi connectivity index (χ2n) is 3.15. The average molecular weight is 325 g/mol. The van der Waals surface area contributed by atoms with Crippen molar-refractivity contribution >= 4 is 34.2 Å². The van der Waals surface area contributed by atoms with Crippen LogP contribution in [0.25, 0.3) is 0 Å². The smallest absolute Gasteiger partial charge is 0.224 e. The fraction of sp³-hybridized carbons (Fsp3) is 0.154. The van der Waals surface area contributed by atoms with E-state index in [9.17, 15) is 4.79 Å². The van der Waals surface area contributed by atoms with Gasteiger partial charge in [0.15, 0.2) is 0 Å². The Morgan fingerprint density at radius 1 is 1.56 bits per heavy atom. The molecule has 0 aliphatic rings. The number of amides is 1. The molecule has 0 heterocycles. The monoisotopic (exact) mass is 325 g/mol. The van der Waals surface area contributed by atoms with Crippen molar-refractivity contribution in [1.29, 1.82) is 0 Å². The van der Waals surface area contributed by atoms with Crippen molar-refractivity contribution in [3.8, 4) is 9.85 Å². The molecule has 0 saturated heterocycles. The number of nitrogens with zero attached hydrogens (tertiary/aromatic N) is 1. The van der Waals surface area contributed by atoms with Crippen LogP contribution in [-0.4, -0.2) is 12.5 Å². The summed E-state index contributed by atoms with van der Waals surface area (Å²) < 4.78 is 2.82. The minimum absolute atomic E-state index is 0.0115. The molecule has 1 amide bonds. The van der Waals surface area contributed by atoms with E-state index >= 15 is 0 Å². The number of anilines is 1. The lowest BCUT2D eigenvalue weighted by atomic mass is 10.1. The standard InChI is InChI=1S/C13H12INO/c1-3-10-15(11(2)16)13-7-5-4-6-12(13)8-9-14/h3-7H,1,10H2,2H3. The van der Waals surface area contributed by atoms with E-state index in [-0.39, 0.29) is 5.91 Å². The largest absolute Gasteiger partial charge is 0.308 e. The van der Waals surface area contributed by atoms with E-state index in [1.165, 1.54) is 6.92 Å². The molecule has 0 spiro atoms. The normalized spacial score (nSPS) is 8.88. The summed E-state index contributed by atoms with van der Waals surface area (Å²) in [5, 5.41) is 0. The number of hydrogen-bond donors (Lipinski definition) is 0. The van der Waals surface area contributed by atoms with Gasteiger partial charge in [-0.2, -0.15) is 0 Å². The molecule has 0 aromatic heterocycles. The summed E-state index contributed by atoms with van der Waals surface area (Å²) >= 11 is 1.99. The zero-order chi connectivity index (χ0) is 12.0. The summed E-state index contributed by atoms with van der Waals surface area (Å²) in [6, 6.07) is 7.60. The second-order valence-corrected chi connectivity index (χ2v) is 3.69. The number of hydrogen-bond acceptors (Lipinski definition) is 1. The van der Waals surface area contributed by atoms with E-state index in [0.29, 0.717) is 6.54 Å². The summed E-state index contributed by atoms with van der Waals surface area (Å²) in [4.78, 5) is 13.2. The predicted octanol–water partition coefficient (Wildman–Crippen LogP) is 2.97. The first kappa shape index (κ1) is 12.8. The Hall–Kier alpha value is -1.28. The van der Waals surface area contributed by atoms with Gasteiger partial charge in [-0.05, 0) is 16.1 Å². The van der Waals surface area contributed by atoms with Crippen molar-refractivity contribution in [3.05, 3.63) is 42.5 Å². The van der Waals surface area contributed by atoms with Gasteiger partial charge >= 0.3 is 0 Å². The van der Waals surface area contributed by atoms with Gasteiger partial charge in [-0.15, -0.1) is 6.58 Å². The van der Waals surface area contributed by atoms with Crippen molar-refractivity contribution in [3.63, 3.8) is 0 Å². The Labute approximate surface area is 109 Å². The van der Waals surface area contributed by atoms with Crippen LogP contribution in [0.5, 0.6) is 0 Å². The van der Waals surface area contributed by atoms with Gasteiger partial charge < -0.3 is 4.90 Å². The number of benzene rings is 1. The van der Waals surface area contributed by atoms with Crippen LogP contribution < -0.4 is 4.90 Å². The highest BCUT2D eigenvalue weighted by Crippen LogP contribution is 2.19. The van der Waals surface area contributed by atoms with Crippen molar-refractivity contribution < 1.29 is 4.79 Å². The molecule has 0 bridgehead atoms. The Bertz CT molecular complexity index is 456. The van der Waals surface area contributed by atoms with Crippen LogP contribution in [0.3, 0.4) is 0 Å². The summed E-state index contributed by atoms with van der Waals surface area (Å²) in [5.41, 5.74) is 1.69. The van der Waals surface area contributed by atoms with Crippen molar-refractivity contribution in [2.45, 2.75) is 6.92 Å². The molecular formula is C13H12INO. The van der Waals surface area contributed by atoms with Crippen LogP contribution in [0.2, 0.25) is 0 Å². The zero-order valence-electron chi connectivity index (χ0n) is 9.03. The summed E-state index contributed by atoms with van der Waals surface area (Å²) in [6.07, 6.45) is 1.70. The number of rotatable bonds is 3. The predicted molar refractivity (Wildman–Crippen MR) is 75.6 cm³/mol. The van der Waals surface area contributed by atoms with Gasteiger partial charge in [0, 0.05) is 41.6 Å². The highest BCUT2D eigenvalue weighted by molar-refractivity contribution is 14.1. The summed E-state index contributed by atoms with van der Waals surface area (Å²) in [5.74, 6) is 2.97. The number of para-hydroxylation sites is 1. The molecule has 82 valence electrons. The maximum atomic E-state index is 11.5. The first-order chi connectivity index (χ1) is 7.70. The van der Waals surface area contributed by atoms with Gasteiger partial charge in [0.05, 0.1) is 5.69 Å². The van der Waals surface area contributed by atoms with Gasteiger partial charge in [0.1, 0.15) is 0 Å². The Morgan fingerprint density at radius 2 is 2.25 bits per heavy atom. The van der Waals surface area contributed by atoms with E-state index in [0.717, 1.165) is 11.3 Å².